The third-order valence-electron chi connectivity index (χ3n) is 10.1. The largest absolute Gasteiger partial charge is 0.429 e. The number of allylic oxidation sites excluding steroid dienone is 12. The van der Waals surface area contributed by atoms with Gasteiger partial charge in [0.05, 0.1) is 38.6 Å². The van der Waals surface area contributed by atoms with Crippen LogP contribution in [0.2, 0.25) is 0 Å². The predicted octanol–water partition coefficient (Wildman–Crippen LogP) is -4.03. The number of carbonyl (C=O) groups excluding carboxylic acids is 2. The van der Waals surface area contributed by atoms with Gasteiger partial charge in [-0.05, 0) is 41.5 Å². The second kappa shape index (κ2) is 30.1. The van der Waals surface area contributed by atoms with E-state index in [2.05, 4.69) is 0 Å². The highest BCUT2D eigenvalue weighted by atomic mass is 16.8. The Hall–Kier alpha value is -3.68. The van der Waals surface area contributed by atoms with Gasteiger partial charge in [-0.25, -0.2) is 9.59 Å². The van der Waals surface area contributed by atoms with Crippen LogP contribution in [0.4, 0.5) is 0 Å². The molecule has 0 radical (unpaired) electrons. The molecule has 2 aliphatic heterocycles. The SMILES string of the molecule is CC(=C/C=C/C=C(C)/C=C/C=C(\C)C(=O)OC(OC(COC(OC(CO)[C@H](C)O)C(O)O)[C@H](C)O)C(O)O)/C=C/C=C(\C)C(=O)OC1OC(COC2OC(CO)C(O)C(O)C2O)C(O)C(O)C1O. The van der Waals surface area contributed by atoms with Gasteiger partial charge in [0.25, 0.3) is 6.29 Å². The Balaban J connectivity index is 1.94. The highest BCUT2D eigenvalue weighted by Gasteiger charge is 2.48. The Kier molecular flexibility index (Phi) is 26.8. The summed E-state index contributed by atoms with van der Waals surface area (Å²) in [4.78, 5) is 25.5. The molecule has 16 atom stereocenters. The molecule has 0 aromatic carbocycles. The van der Waals surface area contributed by atoms with E-state index >= 15 is 0 Å². The van der Waals surface area contributed by atoms with E-state index in [-0.39, 0.29) is 11.1 Å². The van der Waals surface area contributed by atoms with Crippen molar-refractivity contribution >= 4 is 11.9 Å². The molecule has 68 heavy (non-hydrogen) atoms. The van der Waals surface area contributed by atoms with Crippen LogP contribution in [0.25, 0.3) is 0 Å². The van der Waals surface area contributed by atoms with Crippen LogP contribution in [-0.4, -0.2) is 221 Å². The summed E-state index contributed by atoms with van der Waals surface area (Å²) >= 11 is 0. The molecule has 0 spiro atoms. The summed E-state index contributed by atoms with van der Waals surface area (Å²) in [5, 5.41) is 139. The lowest BCUT2D eigenvalue weighted by Gasteiger charge is -2.42. The third kappa shape index (κ3) is 19.6. The zero-order valence-electron chi connectivity index (χ0n) is 38.3. The Morgan fingerprint density at radius 3 is 1.53 bits per heavy atom. The summed E-state index contributed by atoms with van der Waals surface area (Å²) < 4.78 is 42.1. The van der Waals surface area contributed by atoms with Gasteiger partial charge in [0.15, 0.2) is 6.29 Å². The van der Waals surface area contributed by atoms with E-state index in [1.54, 1.807) is 56.4 Å². The van der Waals surface area contributed by atoms with Crippen LogP contribution in [0.3, 0.4) is 0 Å². The summed E-state index contributed by atoms with van der Waals surface area (Å²) in [6.45, 7) is 6.19. The van der Waals surface area contributed by atoms with Crippen molar-refractivity contribution in [1.82, 2.24) is 0 Å². The Bertz CT molecular complexity index is 1750. The van der Waals surface area contributed by atoms with Crippen molar-refractivity contribution in [3.8, 4) is 0 Å². The number of hydrogen-bond donors (Lipinski definition) is 14. The van der Waals surface area contributed by atoms with E-state index in [0.29, 0.717) is 0 Å². The molecule has 2 rings (SSSR count). The molecular weight excluding hydrogens is 912 g/mol. The molecule has 388 valence electrons. The van der Waals surface area contributed by atoms with Crippen LogP contribution in [0.5, 0.6) is 0 Å². The van der Waals surface area contributed by atoms with Crippen molar-refractivity contribution in [1.29, 1.82) is 0 Å². The van der Waals surface area contributed by atoms with Crippen molar-refractivity contribution < 1.29 is 119 Å². The molecule has 0 aromatic rings. The molecule has 0 saturated carbocycles. The van der Waals surface area contributed by atoms with E-state index in [1.807, 2.05) is 0 Å². The van der Waals surface area contributed by atoms with Crippen LogP contribution >= 0.6 is 0 Å². The number of hydrogen-bond acceptors (Lipinski definition) is 24. The van der Waals surface area contributed by atoms with Crippen LogP contribution in [-0.2, 0) is 47.5 Å². The molecule has 2 aliphatic rings. The van der Waals surface area contributed by atoms with Gasteiger partial charge in [0, 0.05) is 11.1 Å². The normalized spacial score (nSPS) is 29.7. The predicted molar refractivity (Wildman–Crippen MR) is 231 cm³/mol. The first-order chi connectivity index (χ1) is 31.9. The Morgan fingerprint density at radius 1 is 0.574 bits per heavy atom. The molecule has 24 nitrogen and oxygen atoms in total. The van der Waals surface area contributed by atoms with Crippen LogP contribution in [0.1, 0.15) is 41.5 Å². The van der Waals surface area contributed by atoms with Crippen molar-refractivity contribution in [3.05, 3.63) is 83.1 Å². The molecule has 0 aromatic heterocycles. The van der Waals surface area contributed by atoms with E-state index in [1.165, 1.54) is 45.9 Å². The zero-order valence-corrected chi connectivity index (χ0v) is 38.3. The first kappa shape index (κ1) is 60.4. The van der Waals surface area contributed by atoms with Crippen LogP contribution < -0.4 is 0 Å². The minimum Gasteiger partial charge on any atom is -0.429 e. The first-order valence-corrected chi connectivity index (χ1v) is 21.3. The summed E-state index contributed by atoms with van der Waals surface area (Å²) in [5.74, 6) is -1.95. The van der Waals surface area contributed by atoms with Gasteiger partial charge in [0.2, 0.25) is 25.2 Å². The van der Waals surface area contributed by atoms with Gasteiger partial charge in [-0.15, -0.1) is 0 Å². The number of ether oxygens (including phenoxy) is 8. The van der Waals surface area contributed by atoms with Crippen LogP contribution in [0, 0.1) is 0 Å². The molecule has 2 saturated heterocycles. The standard InChI is InChI=1S/C44H68O24/c1-21(13-9-15-23(3)39(59)67-42-36(54)34(52)32(50)30(66-42)20-61-41-35(53)33(51)31(49)28(18-46)64-41)11-7-8-12-22(2)14-10-16-24(4)40(60)68-44(38(57)58)65-29(26(6)48)19-62-43(37(55)56)63-27(17-45)25(5)47/h7-16,25-38,41-58H,17-20H2,1-6H3/b8-7+,13-9+,14-10+,21-11-,22-12+,23-15+,24-16+/t25-,26-,27?,28?,29?,30?,31?,32?,33?,34?,35?,36?,41?,42?,43?,44?/m0/s1. The maximum Gasteiger partial charge on any atom is 0.336 e. The fourth-order valence-corrected chi connectivity index (χ4v) is 5.78. The molecule has 0 bridgehead atoms. The smallest absolute Gasteiger partial charge is 0.336 e. The minimum atomic E-state index is -2.38. The van der Waals surface area contributed by atoms with Gasteiger partial charge >= 0.3 is 11.9 Å². The second-order valence-corrected chi connectivity index (χ2v) is 15.9. The fraction of sp³-hybridized carbons (Fsp3) is 0.636. The summed E-state index contributed by atoms with van der Waals surface area (Å²) in [7, 11) is 0. The molecule has 0 amide bonds. The lowest BCUT2D eigenvalue weighted by atomic mass is 9.98. The second-order valence-electron chi connectivity index (χ2n) is 15.9. The zero-order chi connectivity index (χ0) is 51.4. The van der Waals surface area contributed by atoms with E-state index in [4.69, 9.17) is 37.9 Å². The van der Waals surface area contributed by atoms with Gasteiger partial charge in [0.1, 0.15) is 61.0 Å². The number of aliphatic hydroxyl groups excluding tert-OH is 12. The fourth-order valence-electron chi connectivity index (χ4n) is 5.78. The topological polar surface area (TPSA) is 391 Å². The highest BCUT2D eigenvalue weighted by Crippen LogP contribution is 2.27. The average molecular weight is 981 g/mol. The Labute approximate surface area is 392 Å². The molecule has 14 N–H and O–H groups in total. The molecular formula is C44H68O24. The van der Waals surface area contributed by atoms with Crippen molar-refractivity contribution in [2.75, 3.05) is 26.4 Å². The van der Waals surface area contributed by atoms with E-state index in [9.17, 15) is 81.1 Å². The molecule has 2 fully saturated rings. The third-order valence-corrected chi connectivity index (χ3v) is 10.1. The van der Waals surface area contributed by atoms with Crippen LogP contribution in [0.15, 0.2) is 83.1 Å². The lowest BCUT2D eigenvalue weighted by molar-refractivity contribution is -0.326. The summed E-state index contributed by atoms with van der Waals surface area (Å²) in [6, 6.07) is 0. The minimum absolute atomic E-state index is 0.0157. The first-order valence-electron chi connectivity index (χ1n) is 21.3. The average Bonchev–Trinajstić information content (AvgIpc) is 3.28. The van der Waals surface area contributed by atoms with E-state index < -0.39 is 149 Å². The molecule has 14 unspecified atom stereocenters. The lowest BCUT2D eigenvalue weighted by Crippen LogP contribution is -2.61. The summed E-state index contributed by atoms with van der Waals surface area (Å²) in [6.07, 6.45) is -14.2. The van der Waals surface area contributed by atoms with Crippen molar-refractivity contribution in [2.45, 2.75) is 153 Å². The molecule has 24 heteroatoms. The number of rotatable bonds is 26. The van der Waals surface area contributed by atoms with Gasteiger partial charge in [-0.2, -0.15) is 0 Å². The Morgan fingerprint density at radius 2 is 1.04 bits per heavy atom. The number of carbonyl (C=O) groups is 2. The highest BCUT2D eigenvalue weighted by molar-refractivity contribution is 5.88. The maximum absolute atomic E-state index is 12.8. The van der Waals surface area contributed by atoms with Crippen molar-refractivity contribution in [3.63, 3.8) is 0 Å². The van der Waals surface area contributed by atoms with Gasteiger partial charge in [-0.3, -0.25) is 0 Å². The van der Waals surface area contributed by atoms with Gasteiger partial charge < -0.3 is 109 Å². The summed E-state index contributed by atoms with van der Waals surface area (Å²) in [5.41, 5.74) is 1.59. The maximum atomic E-state index is 12.8. The molecule has 2 heterocycles. The number of aliphatic hydroxyl groups is 14. The number of esters is 2. The monoisotopic (exact) mass is 980 g/mol. The van der Waals surface area contributed by atoms with Crippen molar-refractivity contribution in [2.24, 2.45) is 0 Å². The van der Waals surface area contributed by atoms with Gasteiger partial charge in [-0.1, -0.05) is 71.9 Å². The molecule has 0 aliphatic carbocycles. The quantitative estimate of drug-likeness (QED) is 0.0170. The van der Waals surface area contributed by atoms with E-state index in [0.717, 1.165) is 11.1 Å².